The van der Waals surface area contributed by atoms with Gasteiger partial charge in [-0.25, -0.2) is 0 Å². The van der Waals surface area contributed by atoms with Gasteiger partial charge in [-0.3, -0.25) is 9.79 Å². The van der Waals surface area contributed by atoms with E-state index in [4.69, 9.17) is 15.2 Å². The van der Waals surface area contributed by atoms with Crippen LogP contribution in [0.4, 0.5) is 0 Å². The van der Waals surface area contributed by atoms with E-state index in [1.165, 1.54) is 18.4 Å². The highest BCUT2D eigenvalue weighted by Gasteiger charge is 2.22. The summed E-state index contributed by atoms with van der Waals surface area (Å²) in [5, 5.41) is 6.71. The van der Waals surface area contributed by atoms with Gasteiger partial charge in [0.1, 0.15) is 11.5 Å². The van der Waals surface area contributed by atoms with Crippen LogP contribution < -0.4 is 25.8 Å². The number of nitrogens with one attached hydrogen (secondary N) is 2. The van der Waals surface area contributed by atoms with Gasteiger partial charge in [0.2, 0.25) is 0 Å². The molecule has 0 atom stereocenters. The minimum Gasteiger partial charge on any atom is -0.493 e. The molecule has 1 fully saturated rings. The molecule has 1 saturated carbocycles. The molecule has 0 heterocycles. The van der Waals surface area contributed by atoms with Crippen LogP contribution in [0.3, 0.4) is 0 Å². The van der Waals surface area contributed by atoms with Crippen molar-refractivity contribution in [3.8, 4) is 11.5 Å². The van der Waals surface area contributed by atoms with Crippen molar-refractivity contribution in [2.24, 2.45) is 16.6 Å². The van der Waals surface area contributed by atoms with Crippen molar-refractivity contribution in [3.05, 3.63) is 59.2 Å². The summed E-state index contributed by atoms with van der Waals surface area (Å²) in [6.07, 6.45) is 3.38. The summed E-state index contributed by atoms with van der Waals surface area (Å²) in [5.74, 6) is 2.56. The summed E-state index contributed by atoms with van der Waals surface area (Å²) < 4.78 is 11.3. The van der Waals surface area contributed by atoms with E-state index < -0.39 is 5.91 Å². The number of benzene rings is 2. The summed E-state index contributed by atoms with van der Waals surface area (Å²) in [7, 11) is 1.76. The molecule has 0 spiro atoms. The Morgan fingerprint density at radius 3 is 2.58 bits per heavy atom. The van der Waals surface area contributed by atoms with Gasteiger partial charge in [-0.05, 0) is 61.4 Å². The Labute approximate surface area is 184 Å². The molecule has 1 amide bonds. The third kappa shape index (κ3) is 7.85. The number of primary amides is 1. The van der Waals surface area contributed by atoms with Gasteiger partial charge in [-0.1, -0.05) is 24.3 Å². The Balaban J connectivity index is 1.44. The van der Waals surface area contributed by atoms with Gasteiger partial charge in [0.05, 0.1) is 6.61 Å². The van der Waals surface area contributed by atoms with Gasteiger partial charge >= 0.3 is 0 Å². The molecule has 0 saturated heterocycles. The van der Waals surface area contributed by atoms with Crippen molar-refractivity contribution in [1.29, 1.82) is 0 Å². The van der Waals surface area contributed by atoms with E-state index in [0.29, 0.717) is 12.3 Å². The Kier molecular flexibility index (Phi) is 8.15. The predicted molar refractivity (Wildman–Crippen MR) is 122 cm³/mol. The smallest absolute Gasteiger partial charge is 0.255 e. The first-order chi connectivity index (χ1) is 15.0. The maximum absolute atomic E-state index is 10.8. The first-order valence-electron chi connectivity index (χ1n) is 10.7. The van der Waals surface area contributed by atoms with E-state index in [1.54, 1.807) is 7.05 Å². The largest absolute Gasteiger partial charge is 0.493 e. The normalized spacial score (nSPS) is 13.5. The Morgan fingerprint density at radius 2 is 1.90 bits per heavy atom. The maximum atomic E-state index is 10.8. The van der Waals surface area contributed by atoms with Gasteiger partial charge in [0, 0.05) is 25.7 Å². The topological polar surface area (TPSA) is 98.0 Å². The second kappa shape index (κ2) is 11.2. The molecule has 0 unspecified atom stereocenters. The molecule has 7 nitrogen and oxygen atoms in total. The maximum Gasteiger partial charge on any atom is 0.255 e. The lowest BCUT2D eigenvalue weighted by Gasteiger charge is -2.15. The standard InChI is InChI=1S/C24H32N4O3/c1-17-3-8-20(22(13-17)31-15-19-4-5-19)14-28-24(26-2)27-12-11-18-6-9-21(10-7-18)30-16-23(25)29/h3,6-10,13,19H,4-5,11-12,14-16H2,1-2H3,(H2,25,29)(H2,26,27,28). The van der Waals surface area contributed by atoms with Crippen molar-refractivity contribution in [1.82, 2.24) is 10.6 Å². The van der Waals surface area contributed by atoms with E-state index in [2.05, 4.69) is 40.7 Å². The zero-order valence-electron chi connectivity index (χ0n) is 18.3. The minimum atomic E-state index is -0.487. The Morgan fingerprint density at radius 1 is 1.13 bits per heavy atom. The number of nitrogens with two attached hydrogens (primary N) is 1. The van der Waals surface area contributed by atoms with Gasteiger partial charge < -0.3 is 25.8 Å². The van der Waals surface area contributed by atoms with E-state index in [-0.39, 0.29) is 6.61 Å². The van der Waals surface area contributed by atoms with Gasteiger partial charge in [0.25, 0.3) is 5.91 Å². The lowest BCUT2D eigenvalue weighted by molar-refractivity contribution is -0.119. The van der Waals surface area contributed by atoms with Crippen LogP contribution in [0.1, 0.15) is 29.5 Å². The highest BCUT2D eigenvalue weighted by atomic mass is 16.5. The van der Waals surface area contributed by atoms with E-state index in [9.17, 15) is 4.79 Å². The van der Waals surface area contributed by atoms with Crippen LogP contribution in [-0.4, -0.2) is 38.7 Å². The van der Waals surface area contributed by atoms with Gasteiger partial charge in [0.15, 0.2) is 12.6 Å². The SMILES string of the molecule is CN=C(NCCc1ccc(OCC(N)=O)cc1)NCc1ccc(C)cc1OCC1CC1. The average molecular weight is 425 g/mol. The number of guanidine groups is 1. The number of amides is 1. The molecule has 0 bridgehead atoms. The second-order valence-electron chi connectivity index (χ2n) is 7.87. The van der Waals surface area contributed by atoms with Gasteiger partial charge in [-0.15, -0.1) is 0 Å². The fraction of sp³-hybridized carbons (Fsp3) is 0.417. The zero-order chi connectivity index (χ0) is 22.1. The third-order valence-corrected chi connectivity index (χ3v) is 5.07. The highest BCUT2D eigenvalue weighted by molar-refractivity contribution is 5.79. The fourth-order valence-corrected chi connectivity index (χ4v) is 3.07. The number of rotatable bonds is 11. The summed E-state index contributed by atoms with van der Waals surface area (Å²) in [6, 6.07) is 14.0. The molecule has 166 valence electrons. The summed E-state index contributed by atoms with van der Waals surface area (Å²) in [5.41, 5.74) is 8.57. The monoisotopic (exact) mass is 424 g/mol. The molecule has 2 aromatic carbocycles. The number of hydrogen-bond acceptors (Lipinski definition) is 4. The molecule has 1 aliphatic rings. The molecule has 0 aromatic heterocycles. The molecule has 31 heavy (non-hydrogen) atoms. The lowest BCUT2D eigenvalue weighted by Crippen LogP contribution is -2.37. The third-order valence-electron chi connectivity index (χ3n) is 5.07. The van der Waals surface area contributed by atoms with Crippen LogP contribution in [0.25, 0.3) is 0 Å². The summed E-state index contributed by atoms with van der Waals surface area (Å²) in [4.78, 5) is 15.1. The number of nitrogens with zero attached hydrogens (tertiary/aromatic N) is 1. The van der Waals surface area contributed by atoms with E-state index >= 15 is 0 Å². The molecular weight excluding hydrogens is 392 g/mol. The first-order valence-corrected chi connectivity index (χ1v) is 10.7. The predicted octanol–water partition coefficient (Wildman–Crippen LogP) is 2.56. The van der Waals surface area contributed by atoms with E-state index in [0.717, 1.165) is 48.3 Å². The van der Waals surface area contributed by atoms with Crippen LogP contribution in [-0.2, 0) is 17.8 Å². The molecule has 4 N–H and O–H groups in total. The molecule has 0 radical (unpaired) electrons. The van der Waals surface area contributed by atoms with E-state index in [1.807, 2.05) is 24.3 Å². The number of carbonyl (C=O) groups is 1. The summed E-state index contributed by atoms with van der Waals surface area (Å²) >= 11 is 0. The highest BCUT2D eigenvalue weighted by Crippen LogP contribution is 2.30. The zero-order valence-corrected chi connectivity index (χ0v) is 18.3. The molecule has 1 aliphatic carbocycles. The molecular formula is C24H32N4O3. The van der Waals surface area contributed by atoms with Crippen molar-refractivity contribution in [2.75, 3.05) is 26.8 Å². The second-order valence-corrected chi connectivity index (χ2v) is 7.87. The number of aryl methyl sites for hydroxylation is 1. The number of ether oxygens (including phenoxy) is 2. The number of aliphatic imine (C=N–C) groups is 1. The quantitative estimate of drug-likeness (QED) is 0.380. The molecule has 0 aliphatic heterocycles. The number of hydrogen-bond donors (Lipinski definition) is 3. The first kappa shape index (κ1) is 22.5. The molecule has 3 rings (SSSR count). The molecule has 2 aromatic rings. The molecule has 7 heteroatoms. The number of carbonyl (C=O) groups excluding carboxylic acids is 1. The summed E-state index contributed by atoms with van der Waals surface area (Å²) in [6.45, 7) is 4.15. The van der Waals surface area contributed by atoms with Crippen LogP contribution >= 0.6 is 0 Å². The van der Waals surface area contributed by atoms with Crippen LogP contribution in [0.2, 0.25) is 0 Å². The van der Waals surface area contributed by atoms with Crippen LogP contribution in [0.5, 0.6) is 11.5 Å². The van der Waals surface area contributed by atoms with Crippen LogP contribution in [0.15, 0.2) is 47.5 Å². The lowest BCUT2D eigenvalue weighted by atomic mass is 10.1. The fourth-order valence-electron chi connectivity index (χ4n) is 3.07. The van der Waals surface area contributed by atoms with Crippen molar-refractivity contribution >= 4 is 11.9 Å². The van der Waals surface area contributed by atoms with Gasteiger partial charge in [-0.2, -0.15) is 0 Å². The van der Waals surface area contributed by atoms with Crippen molar-refractivity contribution in [3.63, 3.8) is 0 Å². The Bertz CT molecular complexity index is 892. The average Bonchev–Trinajstić information content (AvgIpc) is 3.59. The Hall–Kier alpha value is -3.22. The van der Waals surface area contributed by atoms with Crippen molar-refractivity contribution < 1.29 is 14.3 Å². The van der Waals surface area contributed by atoms with Crippen molar-refractivity contribution in [2.45, 2.75) is 32.7 Å². The van der Waals surface area contributed by atoms with Crippen LogP contribution in [0, 0.1) is 12.8 Å². The minimum absolute atomic E-state index is 0.114.